The normalized spacial score (nSPS) is 10.9. The summed E-state index contributed by atoms with van der Waals surface area (Å²) in [5.74, 6) is -1.22. The van der Waals surface area contributed by atoms with E-state index >= 15 is 0 Å². The maximum Gasteiger partial charge on any atom is 0.264 e. The van der Waals surface area contributed by atoms with E-state index in [0.717, 1.165) is 15.3 Å². The molecule has 0 atom stereocenters. The Kier molecular flexibility index (Phi) is 5.85. The third-order valence-electron chi connectivity index (χ3n) is 4.62. The van der Waals surface area contributed by atoms with Crippen molar-refractivity contribution in [2.24, 2.45) is 0 Å². The summed E-state index contributed by atoms with van der Waals surface area (Å²) < 4.78 is 41.0. The molecular weight excluding hydrogens is 405 g/mol. The van der Waals surface area contributed by atoms with Crippen molar-refractivity contribution in [3.63, 3.8) is 0 Å². The highest BCUT2D eigenvalue weighted by Gasteiger charge is 2.22. The van der Waals surface area contributed by atoms with Gasteiger partial charge in [-0.2, -0.15) is 5.26 Å². The van der Waals surface area contributed by atoms with E-state index in [0.29, 0.717) is 5.69 Å². The topological polar surface area (TPSA) is 81.5 Å². The molecule has 0 aliphatic rings. The van der Waals surface area contributed by atoms with Crippen LogP contribution >= 0.6 is 0 Å². The van der Waals surface area contributed by atoms with Gasteiger partial charge in [0.1, 0.15) is 5.82 Å². The van der Waals surface area contributed by atoms with Crippen LogP contribution in [0.25, 0.3) is 0 Å². The van der Waals surface area contributed by atoms with Gasteiger partial charge in [-0.25, -0.2) is 12.8 Å². The second-order valence-electron chi connectivity index (χ2n) is 6.47. The molecule has 0 fully saturated rings. The van der Waals surface area contributed by atoms with Crippen molar-refractivity contribution in [3.8, 4) is 6.07 Å². The lowest BCUT2D eigenvalue weighted by molar-refractivity contribution is 0.0992. The molecule has 0 aliphatic heterocycles. The molecule has 0 N–H and O–H groups in total. The van der Waals surface area contributed by atoms with Crippen LogP contribution in [0.5, 0.6) is 0 Å². The summed E-state index contributed by atoms with van der Waals surface area (Å²) in [4.78, 5) is 13.8. The molecule has 0 saturated carbocycles. The Morgan fingerprint density at radius 3 is 2.17 bits per heavy atom. The highest BCUT2D eigenvalue weighted by Crippen LogP contribution is 2.24. The van der Waals surface area contributed by atoms with Gasteiger partial charge in [0.15, 0.2) is 0 Å². The van der Waals surface area contributed by atoms with Gasteiger partial charge < -0.3 is 4.90 Å². The first-order valence-corrected chi connectivity index (χ1v) is 10.3. The van der Waals surface area contributed by atoms with E-state index in [1.54, 1.807) is 30.3 Å². The number of anilines is 2. The zero-order valence-electron chi connectivity index (χ0n) is 16.3. The number of nitrogens with zero attached hydrogens (tertiary/aromatic N) is 3. The Labute approximate surface area is 174 Å². The number of nitriles is 1. The Bertz CT molecular complexity index is 1220. The fourth-order valence-corrected chi connectivity index (χ4v) is 4.05. The predicted molar refractivity (Wildman–Crippen MR) is 112 cm³/mol. The van der Waals surface area contributed by atoms with Crippen LogP contribution in [0.3, 0.4) is 0 Å². The van der Waals surface area contributed by atoms with Crippen LogP contribution in [0, 0.1) is 17.1 Å². The van der Waals surface area contributed by atoms with Crippen molar-refractivity contribution in [1.82, 2.24) is 0 Å². The molecule has 0 aliphatic carbocycles. The monoisotopic (exact) mass is 423 g/mol. The molecule has 0 saturated heterocycles. The second kappa shape index (κ2) is 8.35. The molecule has 30 heavy (non-hydrogen) atoms. The highest BCUT2D eigenvalue weighted by molar-refractivity contribution is 7.92. The van der Waals surface area contributed by atoms with Gasteiger partial charge in [-0.05, 0) is 54.6 Å². The first-order valence-electron chi connectivity index (χ1n) is 8.87. The predicted octanol–water partition coefficient (Wildman–Crippen LogP) is 3.80. The van der Waals surface area contributed by atoms with Crippen molar-refractivity contribution < 1.29 is 17.6 Å². The van der Waals surface area contributed by atoms with Gasteiger partial charge in [0, 0.05) is 19.7 Å². The molecule has 152 valence electrons. The maximum atomic E-state index is 14.2. The van der Waals surface area contributed by atoms with E-state index < -0.39 is 21.7 Å². The minimum absolute atomic E-state index is 0.0134. The smallest absolute Gasteiger partial charge is 0.264 e. The van der Waals surface area contributed by atoms with Crippen LogP contribution in [0.4, 0.5) is 15.8 Å². The molecule has 0 heterocycles. The van der Waals surface area contributed by atoms with Crippen molar-refractivity contribution in [2.75, 3.05) is 23.3 Å². The summed E-state index contributed by atoms with van der Waals surface area (Å²) in [5, 5.41) is 8.83. The third kappa shape index (κ3) is 4.02. The Balaban J connectivity index is 1.84. The number of sulfonamides is 1. The number of halogens is 1. The standard InChI is InChI=1S/C22H18FN3O3S/c1-25(21-13-8-16(15-24)14-20(21)23)22(27)17-9-11-19(12-10-17)30(28,29)26(2)18-6-4-3-5-7-18/h3-14H,1-2H3. The first kappa shape index (κ1) is 21.0. The number of carbonyl (C=O) groups is 1. The van der Waals surface area contributed by atoms with Crippen molar-refractivity contribution in [1.29, 1.82) is 5.26 Å². The SMILES string of the molecule is CN(C(=O)c1ccc(S(=O)(=O)N(C)c2ccccc2)cc1)c1ccc(C#N)cc1F. The summed E-state index contributed by atoms with van der Waals surface area (Å²) in [7, 11) is -0.951. The lowest BCUT2D eigenvalue weighted by Gasteiger charge is -2.20. The molecule has 0 aromatic heterocycles. The number of carbonyl (C=O) groups excluding carboxylic acids is 1. The number of hydrogen-bond donors (Lipinski definition) is 0. The lowest BCUT2D eigenvalue weighted by atomic mass is 10.1. The number of amides is 1. The van der Waals surface area contributed by atoms with Gasteiger partial charge in [0.05, 0.1) is 27.9 Å². The zero-order chi connectivity index (χ0) is 21.9. The van der Waals surface area contributed by atoms with Crippen LogP contribution < -0.4 is 9.21 Å². The van der Waals surface area contributed by atoms with Crippen LogP contribution in [-0.4, -0.2) is 28.4 Å². The summed E-state index contributed by atoms with van der Waals surface area (Å²) in [5.41, 5.74) is 0.866. The molecule has 0 bridgehead atoms. The fraction of sp³-hybridized carbons (Fsp3) is 0.0909. The average molecular weight is 423 g/mol. The molecule has 0 unspecified atom stereocenters. The van der Waals surface area contributed by atoms with Crippen LogP contribution in [0.2, 0.25) is 0 Å². The highest BCUT2D eigenvalue weighted by atomic mass is 32.2. The first-order chi connectivity index (χ1) is 14.3. The van der Waals surface area contributed by atoms with Gasteiger partial charge in [-0.3, -0.25) is 9.10 Å². The van der Waals surface area contributed by atoms with E-state index in [1.807, 2.05) is 6.07 Å². The molecule has 3 aromatic rings. The van der Waals surface area contributed by atoms with E-state index in [4.69, 9.17) is 5.26 Å². The van der Waals surface area contributed by atoms with Crippen LogP contribution in [-0.2, 0) is 10.0 Å². The largest absolute Gasteiger partial charge is 0.309 e. The minimum atomic E-state index is -3.80. The number of rotatable bonds is 5. The summed E-state index contributed by atoms with van der Waals surface area (Å²) in [6, 6.07) is 19.7. The minimum Gasteiger partial charge on any atom is -0.309 e. The summed E-state index contributed by atoms with van der Waals surface area (Å²) in [6.07, 6.45) is 0. The van der Waals surface area contributed by atoms with Crippen LogP contribution in [0.1, 0.15) is 15.9 Å². The Morgan fingerprint density at radius 1 is 0.967 bits per heavy atom. The average Bonchev–Trinajstić information content (AvgIpc) is 2.78. The third-order valence-corrected chi connectivity index (χ3v) is 6.42. The maximum absolute atomic E-state index is 14.2. The second-order valence-corrected chi connectivity index (χ2v) is 8.44. The van der Waals surface area contributed by atoms with Gasteiger partial charge in [-0.15, -0.1) is 0 Å². The molecule has 6 nitrogen and oxygen atoms in total. The molecular formula is C22H18FN3O3S. The number of hydrogen-bond acceptors (Lipinski definition) is 4. The van der Waals surface area contributed by atoms with E-state index in [9.17, 15) is 17.6 Å². The molecule has 0 radical (unpaired) electrons. The van der Waals surface area contributed by atoms with Crippen molar-refractivity contribution in [3.05, 3.63) is 89.7 Å². The quantitative estimate of drug-likeness (QED) is 0.625. The lowest BCUT2D eigenvalue weighted by Crippen LogP contribution is -2.28. The summed E-state index contributed by atoms with van der Waals surface area (Å²) in [6.45, 7) is 0. The molecule has 0 spiro atoms. The Hall–Kier alpha value is -3.70. The van der Waals surface area contributed by atoms with Crippen molar-refractivity contribution in [2.45, 2.75) is 4.90 Å². The molecule has 8 heteroatoms. The van der Waals surface area contributed by atoms with E-state index in [-0.39, 0.29) is 21.7 Å². The molecule has 3 aromatic carbocycles. The van der Waals surface area contributed by atoms with Crippen LogP contribution in [0.15, 0.2) is 77.7 Å². The van der Waals surface area contributed by atoms with E-state index in [2.05, 4.69) is 0 Å². The van der Waals surface area contributed by atoms with Gasteiger partial charge >= 0.3 is 0 Å². The number of benzene rings is 3. The van der Waals surface area contributed by atoms with Gasteiger partial charge in [0.2, 0.25) is 0 Å². The molecule has 3 rings (SSSR count). The Morgan fingerprint density at radius 2 is 1.60 bits per heavy atom. The van der Waals surface area contributed by atoms with Gasteiger partial charge in [0.25, 0.3) is 15.9 Å². The molecule has 1 amide bonds. The fourth-order valence-electron chi connectivity index (χ4n) is 2.86. The zero-order valence-corrected chi connectivity index (χ0v) is 17.1. The number of para-hydroxylation sites is 1. The van der Waals surface area contributed by atoms with Gasteiger partial charge in [-0.1, -0.05) is 18.2 Å². The van der Waals surface area contributed by atoms with E-state index in [1.165, 1.54) is 50.5 Å². The summed E-state index contributed by atoms with van der Waals surface area (Å²) >= 11 is 0. The van der Waals surface area contributed by atoms with Crippen molar-refractivity contribution >= 4 is 27.3 Å².